The van der Waals surface area contributed by atoms with E-state index in [0.29, 0.717) is 37.8 Å². The Morgan fingerprint density at radius 2 is 1.02 bits per heavy atom. The number of rotatable bonds is 11. The lowest BCUT2D eigenvalue weighted by Crippen LogP contribution is -2.63. The summed E-state index contributed by atoms with van der Waals surface area (Å²) in [5.41, 5.74) is -4.89. The number of benzene rings is 2. The molecule has 8 atom stereocenters. The maximum atomic E-state index is 13.8. The average molecular weight is 913 g/mol. The number of esters is 2. The molecule has 0 heterocycles. The van der Waals surface area contributed by atoms with Crippen molar-refractivity contribution in [2.45, 2.75) is 112 Å². The second kappa shape index (κ2) is 15.9. The predicted molar refractivity (Wildman–Crippen MR) is 233 cm³/mol. The van der Waals surface area contributed by atoms with Gasteiger partial charge in [-0.15, -0.1) is 0 Å². The van der Waals surface area contributed by atoms with E-state index in [4.69, 9.17) is 9.47 Å². The third kappa shape index (κ3) is 7.36. The molecular formula is C50H56O16. The molecule has 16 heteroatoms. The number of allylic oxidation sites excluding steroid dienone is 4. The minimum Gasteiger partial charge on any atom is -0.478 e. The second-order valence-corrected chi connectivity index (χ2v) is 21.2. The highest BCUT2D eigenvalue weighted by atomic mass is 16.5. The molecule has 2 aromatic carbocycles. The van der Waals surface area contributed by atoms with Gasteiger partial charge in [-0.05, 0) is 121 Å². The van der Waals surface area contributed by atoms with E-state index in [0.717, 1.165) is 44.2 Å². The van der Waals surface area contributed by atoms with Crippen LogP contribution in [0.3, 0.4) is 0 Å². The molecule has 66 heavy (non-hydrogen) atoms. The lowest BCUT2D eigenvalue weighted by Gasteiger charge is -2.69. The van der Waals surface area contributed by atoms with E-state index in [1.54, 1.807) is 0 Å². The SMILES string of the molecule is CC12CC[C@](C)(COC(=O)c3cc(C(=O)O)c(C(=O)O)cc3C(=O)O)CC1=C1C=CC3C4(C)CCC(OC(=O)c5cc(C(=O)O)c(C(=O)O)cc5C(=O)O)C(C)(C)C4CCC3(C)[C@]1(C)CC2. The second-order valence-electron chi connectivity index (χ2n) is 21.2. The van der Waals surface area contributed by atoms with Crippen LogP contribution in [0.15, 0.2) is 47.6 Å². The number of carbonyl (C=O) groups is 8. The van der Waals surface area contributed by atoms with Crippen LogP contribution in [0.2, 0.25) is 0 Å². The molecule has 3 fully saturated rings. The van der Waals surface area contributed by atoms with Crippen molar-refractivity contribution in [2.75, 3.05) is 6.61 Å². The lowest BCUT2D eigenvalue weighted by molar-refractivity contribution is -0.183. The Balaban J connectivity index is 1.16. The average Bonchev–Trinajstić information content (AvgIpc) is 3.23. The Hall–Kier alpha value is -6.32. The summed E-state index contributed by atoms with van der Waals surface area (Å²) in [7, 11) is 0. The van der Waals surface area contributed by atoms with Crippen molar-refractivity contribution in [1.29, 1.82) is 0 Å². The number of carboxylic acids is 6. The van der Waals surface area contributed by atoms with Crippen LogP contribution < -0.4 is 0 Å². The van der Waals surface area contributed by atoms with E-state index in [1.165, 1.54) is 11.1 Å². The summed E-state index contributed by atoms with van der Waals surface area (Å²) in [4.78, 5) is 99.1. The third-order valence-electron chi connectivity index (χ3n) is 17.2. The molecule has 5 aliphatic rings. The lowest BCUT2D eigenvalue weighted by atomic mass is 9.35. The first-order valence-corrected chi connectivity index (χ1v) is 22.1. The smallest absolute Gasteiger partial charge is 0.339 e. The van der Waals surface area contributed by atoms with Gasteiger partial charge in [-0.3, -0.25) is 0 Å². The van der Waals surface area contributed by atoms with Crippen LogP contribution in [0.25, 0.3) is 0 Å². The van der Waals surface area contributed by atoms with Crippen molar-refractivity contribution in [3.63, 3.8) is 0 Å². The van der Waals surface area contributed by atoms with E-state index in [1.807, 2.05) is 20.8 Å². The third-order valence-corrected chi connectivity index (χ3v) is 17.2. The van der Waals surface area contributed by atoms with Gasteiger partial charge in [0.2, 0.25) is 0 Å². The van der Waals surface area contributed by atoms with E-state index in [-0.39, 0.29) is 40.1 Å². The molecule has 0 amide bonds. The van der Waals surface area contributed by atoms with Crippen LogP contribution in [0, 0.1) is 44.3 Å². The Labute approximate surface area is 380 Å². The van der Waals surface area contributed by atoms with Gasteiger partial charge >= 0.3 is 47.8 Å². The van der Waals surface area contributed by atoms with Gasteiger partial charge in [0.15, 0.2) is 0 Å². The van der Waals surface area contributed by atoms with Crippen LogP contribution in [-0.2, 0) is 9.47 Å². The van der Waals surface area contributed by atoms with E-state index >= 15 is 0 Å². The predicted octanol–water partition coefficient (Wildman–Crippen LogP) is 8.98. The summed E-state index contributed by atoms with van der Waals surface area (Å²) in [5.74, 6) is -11.7. The minimum absolute atomic E-state index is 0.0510. The van der Waals surface area contributed by atoms with Crippen LogP contribution in [0.1, 0.15) is 189 Å². The largest absolute Gasteiger partial charge is 0.478 e. The molecule has 7 rings (SSSR count). The summed E-state index contributed by atoms with van der Waals surface area (Å²) >= 11 is 0. The van der Waals surface area contributed by atoms with Crippen LogP contribution >= 0.6 is 0 Å². The summed E-state index contributed by atoms with van der Waals surface area (Å²) in [6, 6.07) is 2.85. The first-order valence-electron chi connectivity index (χ1n) is 22.1. The van der Waals surface area contributed by atoms with Crippen LogP contribution in [0.5, 0.6) is 0 Å². The quantitative estimate of drug-likeness (QED) is 0.115. The topological polar surface area (TPSA) is 276 Å². The van der Waals surface area contributed by atoms with Crippen molar-refractivity contribution in [2.24, 2.45) is 44.3 Å². The van der Waals surface area contributed by atoms with E-state index in [2.05, 4.69) is 39.8 Å². The van der Waals surface area contributed by atoms with Crippen molar-refractivity contribution < 1.29 is 78.5 Å². The van der Waals surface area contributed by atoms with E-state index < -0.39 is 109 Å². The normalized spacial score (nSPS) is 31.8. The van der Waals surface area contributed by atoms with Crippen molar-refractivity contribution >= 4 is 47.8 Å². The molecule has 352 valence electrons. The number of fused-ring (bicyclic) bond motifs is 6. The zero-order valence-corrected chi connectivity index (χ0v) is 38.0. The molecule has 0 aromatic heterocycles. The molecule has 3 saturated carbocycles. The monoisotopic (exact) mass is 912 g/mol. The van der Waals surface area contributed by atoms with Crippen LogP contribution in [-0.4, -0.2) is 91.1 Å². The molecule has 0 radical (unpaired) electrons. The van der Waals surface area contributed by atoms with E-state index in [9.17, 15) is 69.0 Å². The summed E-state index contributed by atoms with van der Waals surface area (Å²) < 4.78 is 11.9. The zero-order valence-electron chi connectivity index (χ0n) is 38.0. The van der Waals surface area contributed by atoms with Gasteiger partial charge in [0.05, 0.1) is 51.1 Å². The number of hydrogen-bond acceptors (Lipinski definition) is 10. The van der Waals surface area contributed by atoms with Crippen molar-refractivity contribution in [3.05, 3.63) is 92.1 Å². The summed E-state index contributed by atoms with van der Waals surface area (Å²) in [6.07, 6.45) is 10.7. The van der Waals surface area contributed by atoms with Gasteiger partial charge < -0.3 is 40.1 Å². The molecule has 5 aliphatic carbocycles. The number of hydrogen-bond donors (Lipinski definition) is 6. The maximum absolute atomic E-state index is 13.8. The standard InChI is InChI=1S/C50H56O16/c1-45(2)34-10-13-50(7)35(48(34,5)12-11-36(45)66-44(64)31-21-27(40(57)58)25(38(53)54)19-29(31)42(61)62)9-8-32-33-22-46(3,14-15-47(33,4)16-17-49(32,50)6)23-65-43(63)30-20-26(39(55)56)24(37(51)52)18-28(30)41(59)60/h8-9,18-21,34-36H,10-17,22-23H2,1-7H3,(H,51,52)(H,53,54)(H,55,56)(H,57,58)(H,59,60)(H,61,62)/t34?,35?,36?,46-,47?,48?,49+,50?/m0/s1. The molecule has 6 N–H and O–H groups in total. The molecule has 0 spiro atoms. The zero-order chi connectivity index (χ0) is 48.9. The molecule has 0 saturated heterocycles. The highest BCUT2D eigenvalue weighted by Crippen LogP contribution is 2.74. The Morgan fingerprint density at radius 1 is 0.561 bits per heavy atom. The van der Waals surface area contributed by atoms with Crippen molar-refractivity contribution in [3.8, 4) is 0 Å². The molecule has 0 bridgehead atoms. The molecule has 16 nitrogen and oxygen atoms in total. The Morgan fingerprint density at radius 3 is 1.52 bits per heavy atom. The fourth-order valence-corrected chi connectivity index (χ4v) is 13.2. The molecule has 2 aromatic rings. The number of carboxylic acid groups (broad SMARTS) is 6. The highest BCUT2D eigenvalue weighted by molar-refractivity contribution is 6.10. The maximum Gasteiger partial charge on any atom is 0.339 e. The van der Waals surface area contributed by atoms with Gasteiger partial charge in [0.1, 0.15) is 6.10 Å². The van der Waals surface area contributed by atoms with Gasteiger partial charge in [-0.1, -0.05) is 66.2 Å². The first-order chi connectivity index (χ1) is 30.5. The summed E-state index contributed by atoms with van der Waals surface area (Å²) in [5, 5.41) is 58.2. The Kier molecular flexibility index (Phi) is 11.5. The molecule has 6 unspecified atom stereocenters. The Bertz CT molecular complexity index is 2600. The highest BCUT2D eigenvalue weighted by Gasteiger charge is 2.67. The molecule has 0 aliphatic heterocycles. The molecular weight excluding hydrogens is 857 g/mol. The minimum atomic E-state index is -1.65. The summed E-state index contributed by atoms with van der Waals surface area (Å²) in [6.45, 7) is 15.3. The van der Waals surface area contributed by atoms with Crippen LogP contribution in [0.4, 0.5) is 0 Å². The van der Waals surface area contributed by atoms with Gasteiger partial charge in [0, 0.05) is 10.8 Å². The fraction of sp³-hybridized carbons (Fsp3) is 0.520. The van der Waals surface area contributed by atoms with Crippen molar-refractivity contribution in [1.82, 2.24) is 0 Å². The fourth-order valence-electron chi connectivity index (χ4n) is 13.2. The number of aromatic carboxylic acids is 6. The van der Waals surface area contributed by atoms with Gasteiger partial charge in [-0.25, -0.2) is 38.4 Å². The van der Waals surface area contributed by atoms with Gasteiger partial charge in [0.25, 0.3) is 0 Å². The van der Waals surface area contributed by atoms with Gasteiger partial charge in [-0.2, -0.15) is 0 Å². The number of ether oxygens (including phenoxy) is 2. The first kappa shape index (κ1) is 47.6. The number of carbonyl (C=O) groups excluding carboxylic acids is 2.